The van der Waals surface area contributed by atoms with Crippen LogP contribution in [0.5, 0.6) is 0 Å². The molecule has 17 heavy (non-hydrogen) atoms. The smallest absolute Gasteiger partial charge is 0.307 e. The summed E-state index contributed by atoms with van der Waals surface area (Å²) in [6.07, 6.45) is 4.18. The Morgan fingerprint density at radius 2 is 1.82 bits per heavy atom. The van der Waals surface area contributed by atoms with Crippen molar-refractivity contribution >= 4 is 11.9 Å². The number of hydrogen-bond donors (Lipinski definition) is 2. The van der Waals surface area contributed by atoms with Gasteiger partial charge in [-0.15, -0.1) is 0 Å². The van der Waals surface area contributed by atoms with Crippen molar-refractivity contribution in [3.05, 3.63) is 0 Å². The first-order chi connectivity index (χ1) is 8.02. The number of nitrogens with one attached hydrogen (secondary N) is 1. The molecule has 98 valence electrons. The Hall–Kier alpha value is -1.06. The number of carboxylic acid groups (broad SMARTS) is 1. The summed E-state index contributed by atoms with van der Waals surface area (Å²) in [6.45, 7) is 4.86. The zero-order valence-corrected chi connectivity index (χ0v) is 10.7. The van der Waals surface area contributed by atoms with Crippen molar-refractivity contribution in [3.8, 4) is 0 Å². The molecule has 0 bridgehead atoms. The summed E-state index contributed by atoms with van der Waals surface area (Å²) in [5, 5.41) is 12.0. The van der Waals surface area contributed by atoms with Gasteiger partial charge in [0.15, 0.2) is 0 Å². The Labute approximate surface area is 103 Å². The normalized spacial score (nSPS) is 24.6. The number of aliphatic carboxylic acids is 1. The van der Waals surface area contributed by atoms with Gasteiger partial charge >= 0.3 is 5.97 Å². The molecule has 0 aromatic heterocycles. The first-order valence-corrected chi connectivity index (χ1v) is 6.53. The van der Waals surface area contributed by atoms with E-state index < -0.39 is 11.9 Å². The number of rotatable bonds is 5. The van der Waals surface area contributed by atoms with Crippen LogP contribution in [-0.4, -0.2) is 23.5 Å². The Morgan fingerprint density at radius 1 is 1.24 bits per heavy atom. The predicted octanol–water partition coefficient (Wildman–Crippen LogP) is 2.04. The first kappa shape index (κ1) is 14.0. The average Bonchev–Trinajstić information content (AvgIpc) is 2.28. The third kappa shape index (κ3) is 4.36. The highest BCUT2D eigenvalue weighted by atomic mass is 16.4. The van der Waals surface area contributed by atoms with Gasteiger partial charge < -0.3 is 10.4 Å². The molecule has 1 aliphatic carbocycles. The van der Waals surface area contributed by atoms with E-state index >= 15 is 0 Å². The molecule has 2 unspecified atom stereocenters. The van der Waals surface area contributed by atoms with Gasteiger partial charge in [-0.25, -0.2) is 0 Å². The molecule has 1 amide bonds. The van der Waals surface area contributed by atoms with Crippen molar-refractivity contribution in [2.45, 2.75) is 46.0 Å². The van der Waals surface area contributed by atoms with Crippen LogP contribution in [0, 0.1) is 17.8 Å². The molecule has 0 heterocycles. The summed E-state index contributed by atoms with van der Waals surface area (Å²) in [5.74, 6) is -1.15. The van der Waals surface area contributed by atoms with E-state index in [9.17, 15) is 9.59 Å². The standard InChI is InChI=1S/C13H23NO3/c1-9(2)7-8-14-12(15)10-5-3-4-6-11(10)13(16)17/h9-11H,3-8H2,1-2H3,(H,14,15)(H,16,17). The van der Waals surface area contributed by atoms with E-state index in [2.05, 4.69) is 19.2 Å². The van der Waals surface area contributed by atoms with Crippen molar-refractivity contribution in [2.75, 3.05) is 6.54 Å². The van der Waals surface area contributed by atoms with Crippen molar-refractivity contribution < 1.29 is 14.7 Å². The Morgan fingerprint density at radius 3 is 2.35 bits per heavy atom. The van der Waals surface area contributed by atoms with Crippen molar-refractivity contribution in [1.82, 2.24) is 5.32 Å². The molecule has 0 aliphatic heterocycles. The van der Waals surface area contributed by atoms with E-state index in [0.29, 0.717) is 25.3 Å². The van der Waals surface area contributed by atoms with Gasteiger partial charge in [-0.3, -0.25) is 9.59 Å². The van der Waals surface area contributed by atoms with E-state index in [1.165, 1.54) is 0 Å². The fraction of sp³-hybridized carbons (Fsp3) is 0.846. The first-order valence-electron chi connectivity index (χ1n) is 6.53. The summed E-state index contributed by atoms with van der Waals surface area (Å²) in [6, 6.07) is 0. The predicted molar refractivity (Wildman–Crippen MR) is 65.5 cm³/mol. The second-order valence-electron chi connectivity index (χ2n) is 5.31. The van der Waals surface area contributed by atoms with Gasteiger partial charge in [0.1, 0.15) is 0 Å². The van der Waals surface area contributed by atoms with Crippen molar-refractivity contribution in [2.24, 2.45) is 17.8 Å². The third-order valence-corrected chi connectivity index (χ3v) is 3.44. The summed E-state index contributed by atoms with van der Waals surface area (Å²) in [4.78, 5) is 23.0. The summed E-state index contributed by atoms with van der Waals surface area (Å²) < 4.78 is 0. The lowest BCUT2D eigenvalue weighted by Crippen LogP contribution is -2.40. The number of amides is 1. The Balaban J connectivity index is 2.45. The maximum absolute atomic E-state index is 11.9. The minimum atomic E-state index is -0.825. The lowest BCUT2D eigenvalue weighted by molar-refractivity contribution is -0.148. The van der Waals surface area contributed by atoms with Gasteiger partial charge in [-0.05, 0) is 25.2 Å². The minimum Gasteiger partial charge on any atom is -0.481 e. The molecule has 4 heteroatoms. The van der Waals surface area contributed by atoms with Crippen LogP contribution in [0.15, 0.2) is 0 Å². The zero-order valence-electron chi connectivity index (χ0n) is 10.7. The van der Waals surface area contributed by atoms with Crippen LogP contribution >= 0.6 is 0 Å². The van der Waals surface area contributed by atoms with Crippen LogP contribution in [-0.2, 0) is 9.59 Å². The highest BCUT2D eigenvalue weighted by Crippen LogP contribution is 2.30. The molecule has 0 saturated heterocycles. The highest BCUT2D eigenvalue weighted by Gasteiger charge is 2.35. The molecule has 0 aromatic rings. The van der Waals surface area contributed by atoms with E-state index in [0.717, 1.165) is 19.3 Å². The van der Waals surface area contributed by atoms with E-state index in [4.69, 9.17) is 5.11 Å². The van der Waals surface area contributed by atoms with Crippen LogP contribution in [0.3, 0.4) is 0 Å². The molecular weight excluding hydrogens is 218 g/mol. The number of hydrogen-bond acceptors (Lipinski definition) is 2. The van der Waals surface area contributed by atoms with Crippen molar-refractivity contribution in [1.29, 1.82) is 0 Å². The Kier molecular flexibility index (Phi) is 5.45. The summed E-state index contributed by atoms with van der Waals surface area (Å²) in [7, 11) is 0. The fourth-order valence-corrected chi connectivity index (χ4v) is 2.36. The molecular formula is C13H23NO3. The maximum atomic E-state index is 11.9. The van der Waals surface area contributed by atoms with Crippen LogP contribution in [0.1, 0.15) is 46.0 Å². The van der Waals surface area contributed by atoms with Crippen molar-refractivity contribution in [3.63, 3.8) is 0 Å². The largest absolute Gasteiger partial charge is 0.481 e. The second kappa shape index (κ2) is 6.62. The minimum absolute atomic E-state index is 0.0715. The monoisotopic (exact) mass is 241 g/mol. The second-order valence-corrected chi connectivity index (χ2v) is 5.31. The average molecular weight is 241 g/mol. The van der Waals surface area contributed by atoms with E-state index in [1.807, 2.05) is 0 Å². The molecule has 1 fully saturated rings. The quantitative estimate of drug-likeness (QED) is 0.774. The molecule has 1 rings (SSSR count). The highest BCUT2D eigenvalue weighted by molar-refractivity contribution is 5.84. The molecule has 2 N–H and O–H groups in total. The van der Waals surface area contributed by atoms with Gasteiger partial charge in [-0.2, -0.15) is 0 Å². The van der Waals surface area contributed by atoms with E-state index in [1.54, 1.807) is 0 Å². The number of carboxylic acids is 1. The van der Waals surface area contributed by atoms with Gasteiger partial charge in [0.05, 0.1) is 11.8 Å². The van der Waals surface area contributed by atoms with Crippen LogP contribution in [0.4, 0.5) is 0 Å². The molecule has 1 aliphatic rings. The van der Waals surface area contributed by atoms with E-state index in [-0.39, 0.29) is 11.8 Å². The summed E-state index contributed by atoms with van der Waals surface area (Å²) in [5.41, 5.74) is 0. The lowest BCUT2D eigenvalue weighted by atomic mass is 9.78. The van der Waals surface area contributed by atoms with Gasteiger partial charge in [0.25, 0.3) is 0 Å². The molecule has 1 saturated carbocycles. The van der Waals surface area contributed by atoms with Gasteiger partial charge in [0, 0.05) is 6.54 Å². The maximum Gasteiger partial charge on any atom is 0.307 e. The van der Waals surface area contributed by atoms with Gasteiger partial charge in [0.2, 0.25) is 5.91 Å². The topological polar surface area (TPSA) is 66.4 Å². The zero-order chi connectivity index (χ0) is 12.8. The molecule has 4 nitrogen and oxygen atoms in total. The molecule has 2 atom stereocenters. The molecule has 0 aromatic carbocycles. The molecule has 0 radical (unpaired) electrons. The number of carbonyl (C=O) groups excluding carboxylic acids is 1. The number of carbonyl (C=O) groups is 2. The van der Waals surface area contributed by atoms with Gasteiger partial charge in [-0.1, -0.05) is 26.7 Å². The van der Waals surface area contributed by atoms with Crippen LogP contribution in [0.25, 0.3) is 0 Å². The molecule has 0 spiro atoms. The van der Waals surface area contributed by atoms with Crippen LogP contribution < -0.4 is 5.32 Å². The Bertz CT molecular complexity index is 276. The fourth-order valence-electron chi connectivity index (χ4n) is 2.36. The van der Waals surface area contributed by atoms with Crippen LogP contribution in [0.2, 0.25) is 0 Å². The summed E-state index contributed by atoms with van der Waals surface area (Å²) >= 11 is 0. The lowest BCUT2D eigenvalue weighted by Gasteiger charge is -2.27. The SMILES string of the molecule is CC(C)CCNC(=O)C1CCCCC1C(=O)O. The third-order valence-electron chi connectivity index (χ3n) is 3.44.